The lowest BCUT2D eigenvalue weighted by Gasteiger charge is -2.11. The van der Waals surface area contributed by atoms with Crippen molar-refractivity contribution in [2.75, 3.05) is 6.61 Å². The Labute approximate surface area is 154 Å². The number of aliphatic imine (C=N–C) groups is 1. The van der Waals surface area contributed by atoms with Crippen molar-refractivity contribution >= 4 is 46.9 Å². The fourth-order valence-electron chi connectivity index (χ4n) is 2.01. The van der Waals surface area contributed by atoms with Crippen LogP contribution in [-0.2, 0) is 9.53 Å². The van der Waals surface area contributed by atoms with E-state index in [2.05, 4.69) is 4.99 Å². The molecule has 1 unspecified atom stereocenters. The summed E-state index contributed by atoms with van der Waals surface area (Å²) in [5.41, 5.74) is 0.528. The molecule has 0 aliphatic carbocycles. The van der Waals surface area contributed by atoms with E-state index in [-0.39, 0.29) is 17.2 Å². The van der Waals surface area contributed by atoms with Crippen molar-refractivity contribution in [3.8, 4) is 0 Å². The minimum absolute atomic E-state index is 0.112. The van der Waals surface area contributed by atoms with Crippen molar-refractivity contribution in [1.29, 1.82) is 0 Å². The van der Waals surface area contributed by atoms with Gasteiger partial charge in [-0.3, -0.25) is 14.6 Å². The molecule has 4 nitrogen and oxygen atoms in total. The standard InChI is InChI=1S/C18H14Cl2FNO3/c1-2-25-18(24)15(10-22-13-6-4-12(21)5-7-13)17(23)14-8-3-11(19)9-16(14)20/h3-10,15H,2H2,1H3. The Morgan fingerprint density at radius 2 is 1.88 bits per heavy atom. The summed E-state index contributed by atoms with van der Waals surface area (Å²) in [6.07, 6.45) is 1.17. The van der Waals surface area contributed by atoms with Gasteiger partial charge in [-0.25, -0.2) is 4.39 Å². The number of Topliss-reactive ketones (excluding diaryl/α,β-unsaturated/α-hetero) is 1. The van der Waals surface area contributed by atoms with Crippen molar-refractivity contribution in [2.24, 2.45) is 10.9 Å². The lowest BCUT2D eigenvalue weighted by Crippen LogP contribution is -2.28. The van der Waals surface area contributed by atoms with Gasteiger partial charge >= 0.3 is 5.97 Å². The highest BCUT2D eigenvalue weighted by Gasteiger charge is 2.29. The highest BCUT2D eigenvalue weighted by molar-refractivity contribution is 6.37. The summed E-state index contributed by atoms with van der Waals surface area (Å²) in [5.74, 6) is -3.00. The van der Waals surface area contributed by atoms with E-state index < -0.39 is 23.5 Å². The highest BCUT2D eigenvalue weighted by atomic mass is 35.5. The molecule has 0 heterocycles. The first-order chi connectivity index (χ1) is 11.9. The number of ketones is 1. The third-order valence-electron chi connectivity index (χ3n) is 3.22. The minimum Gasteiger partial charge on any atom is -0.465 e. The van der Waals surface area contributed by atoms with Crippen LogP contribution in [0.5, 0.6) is 0 Å². The fourth-order valence-corrected chi connectivity index (χ4v) is 2.51. The second-order valence-electron chi connectivity index (χ2n) is 4.97. The van der Waals surface area contributed by atoms with Gasteiger partial charge in [0.2, 0.25) is 0 Å². The first-order valence-electron chi connectivity index (χ1n) is 7.38. The number of hydrogen-bond donors (Lipinski definition) is 0. The van der Waals surface area contributed by atoms with Gasteiger partial charge in [0, 0.05) is 16.8 Å². The maximum atomic E-state index is 12.9. The molecule has 7 heteroatoms. The Morgan fingerprint density at radius 3 is 2.48 bits per heavy atom. The van der Waals surface area contributed by atoms with Crippen molar-refractivity contribution in [2.45, 2.75) is 6.92 Å². The van der Waals surface area contributed by atoms with E-state index in [0.29, 0.717) is 10.7 Å². The monoisotopic (exact) mass is 381 g/mol. The number of carbonyl (C=O) groups is 2. The first-order valence-corrected chi connectivity index (χ1v) is 8.13. The summed E-state index contributed by atoms with van der Waals surface area (Å²) in [4.78, 5) is 28.9. The van der Waals surface area contributed by atoms with E-state index in [9.17, 15) is 14.0 Å². The molecule has 25 heavy (non-hydrogen) atoms. The molecule has 130 valence electrons. The number of carbonyl (C=O) groups excluding carboxylic acids is 2. The molecule has 2 rings (SSSR count). The first kappa shape index (κ1) is 19.1. The van der Waals surface area contributed by atoms with Gasteiger partial charge in [-0.1, -0.05) is 23.2 Å². The summed E-state index contributed by atoms with van der Waals surface area (Å²) in [5, 5.41) is 0.496. The van der Waals surface area contributed by atoms with Crippen LogP contribution in [0.2, 0.25) is 10.0 Å². The van der Waals surface area contributed by atoms with Gasteiger partial charge in [-0.05, 0) is 49.4 Å². The summed E-state index contributed by atoms with van der Waals surface area (Å²) in [6.45, 7) is 1.74. The Kier molecular flexibility index (Phi) is 6.67. The van der Waals surface area contributed by atoms with Crippen LogP contribution in [0, 0.1) is 11.7 Å². The lowest BCUT2D eigenvalue weighted by molar-refractivity contribution is -0.143. The molecule has 0 bridgehead atoms. The largest absolute Gasteiger partial charge is 0.465 e. The SMILES string of the molecule is CCOC(=O)C(C=Nc1ccc(F)cc1)C(=O)c1ccc(Cl)cc1Cl. The molecule has 2 aromatic carbocycles. The van der Waals surface area contributed by atoms with Gasteiger partial charge in [0.15, 0.2) is 11.7 Å². The average molecular weight is 382 g/mol. The molecule has 0 aliphatic heterocycles. The fraction of sp³-hybridized carbons (Fsp3) is 0.167. The number of halogens is 3. The van der Waals surface area contributed by atoms with Gasteiger partial charge in [0.1, 0.15) is 5.82 Å². The lowest BCUT2D eigenvalue weighted by atomic mass is 9.98. The van der Waals surface area contributed by atoms with Gasteiger partial charge in [-0.2, -0.15) is 0 Å². The maximum absolute atomic E-state index is 12.9. The maximum Gasteiger partial charge on any atom is 0.322 e. The topological polar surface area (TPSA) is 55.7 Å². The Bertz CT molecular complexity index is 806. The quantitative estimate of drug-likeness (QED) is 0.309. The van der Waals surface area contributed by atoms with Crippen LogP contribution in [-0.4, -0.2) is 24.6 Å². The second-order valence-corrected chi connectivity index (χ2v) is 5.82. The second kappa shape index (κ2) is 8.74. The van der Waals surface area contributed by atoms with E-state index in [1.165, 1.54) is 48.7 Å². The van der Waals surface area contributed by atoms with Crippen LogP contribution in [0.3, 0.4) is 0 Å². The number of nitrogens with zero attached hydrogens (tertiary/aromatic N) is 1. The molecule has 0 radical (unpaired) electrons. The number of esters is 1. The van der Waals surface area contributed by atoms with Crippen LogP contribution in [0.1, 0.15) is 17.3 Å². The molecular formula is C18H14Cl2FNO3. The third-order valence-corrected chi connectivity index (χ3v) is 3.77. The van der Waals surface area contributed by atoms with Crippen molar-refractivity contribution in [3.63, 3.8) is 0 Å². The molecular weight excluding hydrogens is 368 g/mol. The molecule has 0 aromatic heterocycles. The number of hydrogen-bond acceptors (Lipinski definition) is 4. The van der Waals surface area contributed by atoms with Crippen LogP contribution >= 0.6 is 23.2 Å². The van der Waals surface area contributed by atoms with Gasteiger partial charge in [0.25, 0.3) is 0 Å². The minimum atomic E-state index is -1.27. The van der Waals surface area contributed by atoms with Crippen molar-refractivity contribution in [3.05, 3.63) is 63.9 Å². The van der Waals surface area contributed by atoms with E-state index in [1.807, 2.05) is 0 Å². The molecule has 1 atom stereocenters. The van der Waals surface area contributed by atoms with E-state index in [1.54, 1.807) is 6.92 Å². The Morgan fingerprint density at radius 1 is 1.20 bits per heavy atom. The van der Waals surface area contributed by atoms with E-state index >= 15 is 0 Å². The van der Waals surface area contributed by atoms with Crippen LogP contribution in [0.25, 0.3) is 0 Å². The van der Waals surface area contributed by atoms with Crippen LogP contribution < -0.4 is 0 Å². The zero-order valence-electron chi connectivity index (χ0n) is 13.2. The number of rotatable bonds is 6. The predicted octanol–water partition coefficient (Wildman–Crippen LogP) is 4.90. The summed E-state index contributed by atoms with van der Waals surface area (Å²) in [7, 11) is 0. The zero-order valence-corrected chi connectivity index (χ0v) is 14.7. The smallest absolute Gasteiger partial charge is 0.322 e. The molecule has 0 amide bonds. The summed E-state index contributed by atoms with van der Waals surface area (Å²) in [6, 6.07) is 9.65. The summed E-state index contributed by atoms with van der Waals surface area (Å²) < 4.78 is 17.9. The Balaban J connectivity index is 2.33. The van der Waals surface area contributed by atoms with Crippen LogP contribution in [0.15, 0.2) is 47.5 Å². The normalized spacial score (nSPS) is 12.2. The zero-order chi connectivity index (χ0) is 18.4. The molecule has 0 N–H and O–H groups in total. The average Bonchev–Trinajstić information content (AvgIpc) is 2.56. The molecule has 0 spiro atoms. The Hall–Kier alpha value is -2.24. The predicted molar refractivity (Wildman–Crippen MR) is 95.5 cm³/mol. The van der Waals surface area contributed by atoms with Gasteiger partial charge in [0.05, 0.1) is 17.3 Å². The molecule has 0 saturated carbocycles. The summed E-state index contributed by atoms with van der Waals surface area (Å²) >= 11 is 11.9. The number of ether oxygens (including phenoxy) is 1. The molecule has 0 aliphatic rings. The van der Waals surface area contributed by atoms with Crippen molar-refractivity contribution < 1.29 is 18.7 Å². The molecule has 2 aromatic rings. The van der Waals surface area contributed by atoms with Gasteiger partial charge < -0.3 is 4.74 Å². The highest BCUT2D eigenvalue weighted by Crippen LogP contribution is 2.24. The van der Waals surface area contributed by atoms with Gasteiger partial charge in [-0.15, -0.1) is 0 Å². The van der Waals surface area contributed by atoms with E-state index in [4.69, 9.17) is 27.9 Å². The molecule has 0 saturated heterocycles. The third kappa shape index (κ3) is 5.11. The van der Waals surface area contributed by atoms with Crippen molar-refractivity contribution in [1.82, 2.24) is 0 Å². The number of benzene rings is 2. The van der Waals surface area contributed by atoms with E-state index in [0.717, 1.165) is 0 Å². The van der Waals surface area contributed by atoms with Crippen LogP contribution in [0.4, 0.5) is 10.1 Å². The molecule has 0 fully saturated rings.